The quantitative estimate of drug-likeness (QED) is 0.790. The lowest BCUT2D eigenvalue weighted by Crippen LogP contribution is -2.58. The maximum Gasteiger partial charge on any atom is 0.115 e. The minimum Gasteiger partial charge on any atom is -0.390 e. The molecule has 0 aliphatic carbocycles. The lowest BCUT2D eigenvalue weighted by atomic mass is 9.98. The van der Waals surface area contributed by atoms with Crippen LogP contribution in [-0.4, -0.2) is 88.2 Å². The molecule has 4 rings (SSSR count). The maximum atomic E-state index is 10.7. The van der Waals surface area contributed by atoms with Crippen molar-refractivity contribution in [3.8, 4) is 11.8 Å². The number of hydrogen-bond acceptors (Lipinski definition) is 6. The summed E-state index contributed by atoms with van der Waals surface area (Å²) in [4.78, 5) is 15.2. The molecule has 29 heavy (non-hydrogen) atoms. The van der Waals surface area contributed by atoms with E-state index in [0.717, 1.165) is 63.4 Å². The van der Waals surface area contributed by atoms with Crippen LogP contribution in [0.3, 0.4) is 0 Å². The van der Waals surface area contributed by atoms with E-state index in [9.17, 15) is 5.11 Å². The number of aromatic nitrogens is 2. The van der Waals surface area contributed by atoms with Gasteiger partial charge in [0.25, 0.3) is 0 Å². The first kappa shape index (κ1) is 20.0. The number of piperidine rings is 1. The molecule has 0 amide bonds. The largest absolute Gasteiger partial charge is 0.390 e. The highest BCUT2D eigenvalue weighted by atomic mass is 16.3. The van der Waals surface area contributed by atoms with E-state index in [1.807, 2.05) is 0 Å². The van der Waals surface area contributed by atoms with Gasteiger partial charge in [0, 0.05) is 69.8 Å². The van der Waals surface area contributed by atoms with Gasteiger partial charge in [-0.25, -0.2) is 9.97 Å². The van der Waals surface area contributed by atoms with Crippen LogP contribution in [0.4, 0.5) is 0 Å². The van der Waals surface area contributed by atoms with Crippen LogP contribution in [0.5, 0.6) is 0 Å². The lowest BCUT2D eigenvalue weighted by Gasteiger charge is -2.44. The van der Waals surface area contributed by atoms with Crippen molar-refractivity contribution in [1.82, 2.24) is 24.7 Å². The average molecular weight is 392 g/mol. The summed E-state index contributed by atoms with van der Waals surface area (Å²) in [7, 11) is 2.17. The van der Waals surface area contributed by atoms with Gasteiger partial charge in [0.15, 0.2) is 0 Å². The Labute approximate surface area is 173 Å². The predicted molar refractivity (Wildman–Crippen MR) is 113 cm³/mol. The second-order valence-electron chi connectivity index (χ2n) is 8.07. The van der Waals surface area contributed by atoms with Gasteiger partial charge in [-0.3, -0.25) is 9.80 Å². The van der Waals surface area contributed by atoms with Gasteiger partial charge in [0.05, 0.1) is 11.7 Å². The van der Waals surface area contributed by atoms with Crippen LogP contribution in [0, 0.1) is 11.8 Å². The fourth-order valence-corrected chi connectivity index (χ4v) is 4.17. The highest BCUT2D eigenvalue weighted by molar-refractivity contribution is 5.41. The molecule has 0 unspecified atom stereocenters. The molecule has 152 valence electrons. The minimum absolute atomic E-state index is 0.273. The monoisotopic (exact) mass is 391 g/mol. The van der Waals surface area contributed by atoms with Crippen LogP contribution in [0.25, 0.3) is 0 Å². The Hall–Kier alpha value is -2.30. The molecule has 2 fully saturated rings. The lowest BCUT2D eigenvalue weighted by molar-refractivity contribution is -0.0286. The molecule has 0 bridgehead atoms. The number of β-amino-alcohol motifs (C(OH)–C–C–N with tert-alkyl or cyclic N) is 1. The number of nitrogens with zero attached hydrogens (tertiary/aromatic N) is 5. The Kier molecular flexibility index (Phi) is 6.53. The van der Waals surface area contributed by atoms with Crippen molar-refractivity contribution >= 4 is 0 Å². The summed E-state index contributed by atoms with van der Waals surface area (Å²) in [6, 6.07) is 8.67. The molecule has 2 aliphatic heterocycles. The van der Waals surface area contributed by atoms with Gasteiger partial charge in [-0.1, -0.05) is 24.0 Å². The van der Waals surface area contributed by atoms with Gasteiger partial charge >= 0.3 is 0 Å². The third-order valence-corrected chi connectivity index (χ3v) is 5.91. The van der Waals surface area contributed by atoms with E-state index in [1.165, 1.54) is 11.9 Å². The molecule has 1 aromatic heterocycles. The number of hydrogen-bond donors (Lipinski definition) is 1. The second kappa shape index (κ2) is 9.47. The summed E-state index contributed by atoms with van der Waals surface area (Å²) in [5.41, 5.74) is 3.05. The first-order valence-electron chi connectivity index (χ1n) is 10.4. The zero-order valence-electron chi connectivity index (χ0n) is 17.0. The van der Waals surface area contributed by atoms with E-state index >= 15 is 0 Å². The number of likely N-dealkylation sites (N-methyl/N-ethyl adjacent to an activating group) is 1. The van der Waals surface area contributed by atoms with Gasteiger partial charge in [-0.2, -0.15) is 0 Å². The van der Waals surface area contributed by atoms with Crippen molar-refractivity contribution in [3.63, 3.8) is 0 Å². The smallest absolute Gasteiger partial charge is 0.115 e. The normalized spacial score (nSPS) is 24.1. The maximum absolute atomic E-state index is 10.7. The second-order valence-corrected chi connectivity index (χ2v) is 8.07. The van der Waals surface area contributed by atoms with Gasteiger partial charge in [-0.15, -0.1) is 0 Å². The average Bonchev–Trinajstić information content (AvgIpc) is 2.75. The number of aliphatic hydroxyl groups excluding tert-OH is 1. The molecular formula is C23H29N5O. The van der Waals surface area contributed by atoms with E-state index < -0.39 is 0 Å². The summed E-state index contributed by atoms with van der Waals surface area (Å²) >= 11 is 0. The van der Waals surface area contributed by atoms with Crippen LogP contribution in [0.15, 0.2) is 43.0 Å². The predicted octanol–water partition coefficient (Wildman–Crippen LogP) is 1.06. The molecule has 2 aliphatic rings. The van der Waals surface area contributed by atoms with Gasteiger partial charge in [0.1, 0.15) is 6.33 Å². The van der Waals surface area contributed by atoms with E-state index in [4.69, 9.17) is 0 Å². The first-order valence-corrected chi connectivity index (χ1v) is 10.4. The number of piperazine rings is 1. The topological polar surface area (TPSA) is 55.7 Å². The summed E-state index contributed by atoms with van der Waals surface area (Å²) in [5.74, 6) is 6.23. The Bertz CT molecular complexity index is 837. The Morgan fingerprint density at radius 2 is 1.66 bits per heavy atom. The molecule has 1 N–H and O–H groups in total. The van der Waals surface area contributed by atoms with Crippen LogP contribution < -0.4 is 0 Å². The molecule has 1 aromatic carbocycles. The molecule has 2 aromatic rings. The van der Waals surface area contributed by atoms with E-state index in [-0.39, 0.29) is 6.10 Å². The van der Waals surface area contributed by atoms with Crippen molar-refractivity contribution < 1.29 is 5.11 Å². The van der Waals surface area contributed by atoms with Gasteiger partial charge in [0.2, 0.25) is 0 Å². The number of likely N-dealkylation sites (tertiary alicyclic amines) is 1. The molecule has 3 heterocycles. The van der Waals surface area contributed by atoms with Crippen LogP contribution >= 0.6 is 0 Å². The number of aliphatic hydroxyl groups is 1. The van der Waals surface area contributed by atoms with Crippen molar-refractivity contribution in [2.75, 3.05) is 46.3 Å². The SMILES string of the molecule is CN1CCN([C@@H]2CCN(Cc3ccc(C#Cc4cncnc4)cc3)C[C@H]2O)CC1. The van der Waals surface area contributed by atoms with Crippen LogP contribution in [0.2, 0.25) is 0 Å². The van der Waals surface area contributed by atoms with E-state index in [2.05, 4.69) is 67.8 Å². The molecule has 6 nitrogen and oxygen atoms in total. The summed E-state index contributed by atoms with van der Waals surface area (Å²) in [6.45, 7) is 6.97. The highest BCUT2D eigenvalue weighted by Crippen LogP contribution is 2.20. The summed E-state index contributed by atoms with van der Waals surface area (Å²) < 4.78 is 0. The third kappa shape index (κ3) is 5.40. The van der Waals surface area contributed by atoms with Crippen LogP contribution in [-0.2, 0) is 6.54 Å². The van der Waals surface area contributed by atoms with Gasteiger partial charge in [-0.05, 0) is 31.2 Å². The van der Waals surface area contributed by atoms with Crippen LogP contribution in [0.1, 0.15) is 23.1 Å². The highest BCUT2D eigenvalue weighted by Gasteiger charge is 2.33. The first-order chi connectivity index (χ1) is 14.2. The summed E-state index contributed by atoms with van der Waals surface area (Å²) in [6.07, 6.45) is 5.69. The van der Waals surface area contributed by atoms with Gasteiger partial charge < -0.3 is 10.0 Å². The summed E-state index contributed by atoms with van der Waals surface area (Å²) in [5, 5.41) is 10.7. The number of rotatable bonds is 3. The van der Waals surface area contributed by atoms with Crippen molar-refractivity contribution in [2.24, 2.45) is 0 Å². The molecule has 2 saturated heterocycles. The zero-order chi connectivity index (χ0) is 20.1. The Morgan fingerprint density at radius 3 is 2.34 bits per heavy atom. The number of benzene rings is 1. The molecule has 0 radical (unpaired) electrons. The third-order valence-electron chi connectivity index (χ3n) is 5.91. The standard InChI is InChI=1S/C23H29N5O/c1-26-10-12-28(13-11-26)22-8-9-27(17-23(22)29)16-20-5-2-19(3-6-20)4-7-21-14-24-18-25-15-21/h2-3,5-6,14-15,18,22-23,29H,8-13,16-17H2,1H3/t22-,23-/m1/s1. The minimum atomic E-state index is -0.273. The van der Waals surface area contributed by atoms with E-state index in [1.54, 1.807) is 12.4 Å². The van der Waals surface area contributed by atoms with Crippen molar-refractivity contribution in [2.45, 2.75) is 25.1 Å². The fourth-order valence-electron chi connectivity index (χ4n) is 4.17. The molecule has 0 saturated carbocycles. The Morgan fingerprint density at radius 1 is 0.966 bits per heavy atom. The van der Waals surface area contributed by atoms with Crippen molar-refractivity contribution in [1.29, 1.82) is 0 Å². The Balaban J connectivity index is 1.29. The molecule has 6 heteroatoms. The van der Waals surface area contributed by atoms with Crippen molar-refractivity contribution in [3.05, 3.63) is 59.7 Å². The molecular weight excluding hydrogens is 362 g/mol. The zero-order valence-corrected chi connectivity index (χ0v) is 17.0. The van der Waals surface area contributed by atoms with E-state index in [0.29, 0.717) is 6.04 Å². The molecule has 0 spiro atoms. The fraction of sp³-hybridized carbons (Fsp3) is 0.478. The molecule has 2 atom stereocenters.